The van der Waals surface area contributed by atoms with Crippen LogP contribution in [0.4, 0.5) is 5.82 Å². The highest BCUT2D eigenvalue weighted by Gasteiger charge is 2.05. The van der Waals surface area contributed by atoms with Gasteiger partial charge in [0.2, 0.25) is 0 Å². The third kappa shape index (κ3) is 3.86. The molecule has 0 unspecified atom stereocenters. The maximum absolute atomic E-state index is 5.40. The maximum Gasteiger partial charge on any atom is 0.126 e. The van der Waals surface area contributed by atoms with Crippen molar-refractivity contribution in [2.75, 3.05) is 19.0 Å². The number of hydrogen-bond donors (Lipinski definition) is 1. The predicted octanol–water partition coefficient (Wildman–Crippen LogP) is 3.81. The van der Waals surface area contributed by atoms with E-state index in [2.05, 4.69) is 21.4 Å². The fourth-order valence-electron chi connectivity index (χ4n) is 2.43. The fraction of sp³-hybridized carbons (Fsp3) is 0.158. The monoisotopic (exact) mass is 305 g/mol. The van der Waals surface area contributed by atoms with Gasteiger partial charge < -0.3 is 10.1 Å². The summed E-state index contributed by atoms with van der Waals surface area (Å²) in [5.41, 5.74) is 3.35. The second-order valence-electron chi connectivity index (χ2n) is 5.16. The number of aromatic nitrogens is 2. The normalized spacial score (nSPS) is 10.3. The van der Waals surface area contributed by atoms with Gasteiger partial charge in [0, 0.05) is 36.3 Å². The highest BCUT2D eigenvalue weighted by Crippen LogP contribution is 2.29. The summed E-state index contributed by atoms with van der Waals surface area (Å²) in [6.45, 7) is 0.838. The Hall–Kier alpha value is -2.88. The summed E-state index contributed by atoms with van der Waals surface area (Å²) in [7, 11) is 1.68. The molecule has 23 heavy (non-hydrogen) atoms. The lowest BCUT2D eigenvalue weighted by Crippen LogP contribution is -2.06. The molecule has 4 nitrogen and oxygen atoms in total. The molecular formula is C19H19N3O. The molecule has 1 N–H and O–H groups in total. The second kappa shape index (κ2) is 7.40. The molecule has 0 spiro atoms. The Morgan fingerprint density at radius 1 is 1.00 bits per heavy atom. The Kier molecular flexibility index (Phi) is 4.84. The van der Waals surface area contributed by atoms with Crippen molar-refractivity contribution in [3.05, 3.63) is 72.7 Å². The number of ether oxygens (including phenoxy) is 1. The Morgan fingerprint density at radius 3 is 2.57 bits per heavy atom. The van der Waals surface area contributed by atoms with Crippen LogP contribution < -0.4 is 10.1 Å². The van der Waals surface area contributed by atoms with Crippen molar-refractivity contribution in [1.29, 1.82) is 0 Å². The van der Waals surface area contributed by atoms with Crippen LogP contribution in [0.15, 0.2) is 67.1 Å². The van der Waals surface area contributed by atoms with Crippen molar-refractivity contribution in [2.24, 2.45) is 0 Å². The smallest absolute Gasteiger partial charge is 0.126 e. The lowest BCUT2D eigenvalue weighted by molar-refractivity contribution is 0.416. The molecule has 2 aromatic heterocycles. The summed E-state index contributed by atoms with van der Waals surface area (Å²) in [5, 5.41) is 3.34. The molecule has 1 aromatic carbocycles. The topological polar surface area (TPSA) is 47.0 Å². The molecule has 0 aliphatic rings. The molecule has 3 aromatic rings. The van der Waals surface area contributed by atoms with Gasteiger partial charge in [-0.3, -0.25) is 4.98 Å². The lowest BCUT2D eigenvalue weighted by Gasteiger charge is -2.09. The van der Waals surface area contributed by atoms with Gasteiger partial charge in [0.15, 0.2) is 0 Å². The molecule has 0 aliphatic carbocycles. The number of nitrogens with one attached hydrogen (secondary N) is 1. The molecule has 0 saturated carbocycles. The Bertz CT molecular complexity index is 742. The van der Waals surface area contributed by atoms with E-state index in [4.69, 9.17) is 4.74 Å². The molecule has 0 amide bonds. The highest BCUT2D eigenvalue weighted by molar-refractivity contribution is 5.70. The van der Waals surface area contributed by atoms with Crippen LogP contribution in [0.1, 0.15) is 5.56 Å². The first-order chi connectivity index (χ1) is 11.4. The minimum absolute atomic E-state index is 0.838. The zero-order valence-corrected chi connectivity index (χ0v) is 13.1. The van der Waals surface area contributed by atoms with E-state index in [0.717, 1.165) is 35.7 Å². The van der Waals surface area contributed by atoms with Crippen molar-refractivity contribution in [3.8, 4) is 16.9 Å². The van der Waals surface area contributed by atoms with Gasteiger partial charge in [-0.15, -0.1) is 0 Å². The third-order valence-electron chi connectivity index (χ3n) is 3.65. The van der Waals surface area contributed by atoms with Crippen LogP contribution in [-0.2, 0) is 6.42 Å². The van der Waals surface area contributed by atoms with Crippen molar-refractivity contribution in [1.82, 2.24) is 9.97 Å². The van der Waals surface area contributed by atoms with Gasteiger partial charge in [0.25, 0.3) is 0 Å². The van der Waals surface area contributed by atoms with Gasteiger partial charge >= 0.3 is 0 Å². The minimum Gasteiger partial charge on any atom is -0.496 e. The summed E-state index contributed by atoms with van der Waals surface area (Å²) in [6.07, 6.45) is 6.44. The van der Waals surface area contributed by atoms with Crippen molar-refractivity contribution >= 4 is 5.82 Å². The van der Waals surface area contributed by atoms with E-state index in [-0.39, 0.29) is 0 Å². The number of pyridine rings is 2. The highest BCUT2D eigenvalue weighted by atomic mass is 16.5. The van der Waals surface area contributed by atoms with Crippen molar-refractivity contribution in [3.63, 3.8) is 0 Å². The van der Waals surface area contributed by atoms with Gasteiger partial charge in [-0.1, -0.05) is 18.2 Å². The first-order valence-corrected chi connectivity index (χ1v) is 7.59. The quantitative estimate of drug-likeness (QED) is 0.752. The first kappa shape index (κ1) is 15.0. The van der Waals surface area contributed by atoms with E-state index in [1.165, 1.54) is 5.56 Å². The maximum atomic E-state index is 5.40. The van der Waals surface area contributed by atoms with Crippen molar-refractivity contribution < 1.29 is 4.74 Å². The van der Waals surface area contributed by atoms with Gasteiger partial charge in [0.05, 0.1) is 7.11 Å². The number of hydrogen-bond acceptors (Lipinski definition) is 4. The van der Waals surface area contributed by atoms with Gasteiger partial charge in [-0.25, -0.2) is 4.98 Å². The Morgan fingerprint density at radius 2 is 1.83 bits per heavy atom. The molecule has 4 heteroatoms. The number of anilines is 1. The number of methoxy groups -OCH3 is 1. The molecule has 0 saturated heterocycles. The zero-order valence-electron chi connectivity index (χ0n) is 13.1. The Balaban J connectivity index is 1.63. The summed E-state index contributed by atoms with van der Waals surface area (Å²) in [6, 6.07) is 16.1. The van der Waals surface area contributed by atoms with E-state index in [9.17, 15) is 0 Å². The van der Waals surface area contributed by atoms with E-state index in [0.29, 0.717) is 0 Å². The summed E-state index contributed by atoms with van der Waals surface area (Å²) < 4.78 is 5.40. The van der Waals surface area contributed by atoms with Gasteiger partial charge in [0.1, 0.15) is 11.6 Å². The van der Waals surface area contributed by atoms with Crippen LogP contribution in [0, 0.1) is 0 Å². The summed E-state index contributed by atoms with van der Waals surface area (Å²) >= 11 is 0. The molecule has 0 bridgehead atoms. The van der Waals surface area contributed by atoms with E-state index >= 15 is 0 Å². The number of nitrogens with zero attached hydrogens (tertiary/aromatic N) is 2. The molecule has 2 heterocycles. The first-order valence-electron chi connectivity index (χ1n) is 7.59. The average molecular weight is 305 g/mol. The molecule has 3 rings (SSSR count). The predicted molar refractivity (Wildman–Crippen MR) is 92.7 cm³/mol. The Labute approximate surface area is 136 Å². The lowest BCUT2D eigenvalue weighted by atomic mass is 10.1. The molecule has 0 fully saturated rings. The van der Waals surface area contributed by atoms with Gasteiger partial charge in [-0.05, 0) is 42.3 Å². The largest absolute Gasteiger partial charge is 0.496 e. The fourth-order valence-corrected chi connectivity index (χ4v) is 2.43. The minimum atomic E-state index is 0.838. The van der Waals surface area contributed by atoms with E-state index in [1.54, 1.807) is 7.11 Å². The molecule has 0 radical (unpaired) electrons. The number of benzene rings is 1. The van der Waals surface area contributed by atoms with E-state index < -0.39 is 0 Å². The molecule has 116 valence electrons. The van der Waals surface area contributed by atoms with E-state index in [1.807, 2.05) is 61.1 Å². The van der Waals surface area contributed by atoms with Gasteiger partial charge in [-0.2, -0.15) is 0 Å². The van der Waals surface area contributed by atoms with Crippen LogP contribution in [0.25, 0.3) is 11.1 Å². The van der Waals surface area contributed by atoms with Crippen LogP contribution in [0.3, 0.4) is 0 Å². The van der Waals surface area contributed by atoms with Crippen LogP contribution in [0.5, 0.6) is 5.75 Å². The number of para-hydroxylation sites is 1. The zero-order chi connectivity index (χ0) is 15.9. The molecule has 0 atom stereocenters. The standard InChI is InChI=1S/C19H19N3O/c1-23-18-5-3-2-4-17(18)16-6-7-19(22-14-16)21-13-10-15-8-11-20-12-9-15/h2-9,11-12,14H,10,13H2,1H3,(H,21,22). The average Bonchev–Trinajstić information content (AvgIpc) is 2.63. The summed E-state index contributed by atoms with van der Waals surface area (Å²) in [5.74, 6) is 1.73. The van der Waals surface area contributed by atoms with Crippen LogP contribution in [-0.4, -0.2) is 23.6 Å². The van der Waals surface area contributed by atoms with Crippen LogP contribution in [0.2, 0.25) is 0 Å². The SMILES string of the molecule is COc1ccccc1-c1ccc(NCCc2ccncc2)nc1. The second-order valence-corrected chi connectivity index (χ2v) is 5.16. The van der Waals surface area contributed by atoms with Crippen LogP contribution >= 0.6 is 0 Å². The van der Waals surface area contributed by atoms with Crippen molar-refractivity contribution in [2.45, 2.75) is 6.42 Å². The third-order valence-corrected chi connectivity index (χ3v) is 3.65. The summed E-state index contributed by atoms with van der Waals surface area (Å²) in [4.78, 5) is 8.50. The molecule has 0 aliphatic heterocycles. The molecular weight excluding hydrogens is 286 g/mol. The number of rotatable bonds is 6.